The number of rotatable bonds is 3. The van der Waals surface area contributed by atoms with Gasteiger partial charge in [-0.2, -0.15) is 5.10 Å². The molecule has 2 aliphatic rings. The Morgan fingerprint density at radius 2 is 1.86 bits per heavy atom. The van der Waals surface area contributed by atoms with Crippen molar-refractivity contribution >= 4 is 40.1 Å². The third-order valence-electron chi connectivity index (χ3n) is 5.03. The number of amides is 1. The average Bonchev–Trinajstić information content (AvgIpc) is 3.32. The van der Waals surface area contributed by atoms with E-state index in [9.17, 15) is 4.79 Å². The monoisotopic (exact) mass is 420 g/mol. The number of aryl methyl sites for hydroxylation is 1. The van der Waals surface area contributed by atoms with Crippen molar-refractivity contribution in [1.82, 2.24) is 14.7 Å². The lowest BCUT2D eigenvalue weighted by atomic mass is 10.0. The Kier molecular flexibility index (Phi) is 4.53. The lowest BCUT2D eigenvalue weighted by Gasteiger charge is -2.29. The molecule has 29 heavy (non-hydrogen) atoms. The molecule has 1 amide bonds. The minimum absolute atomic E-state index is 0.0667. The minimum atomic E-state index is -0.242. The van der Waals surface area contributed by atoms with E-state index in [-0.39, 0.29) is 11.9 Å². The summed E-state index contributed by atoms with van der Waals surface area (Å²) in [6.07, 6.45) is 4.04. The second-order valence-electron chi connectivity index (χ2n) is 6.90. The molecule has 2 aliphatic heterocycles. The third-order valence-corrected chi connectivity index (χ3v) is 6.22. The van der Waals surface area contributed by atoms with Gasteiger partial charge in [0.05, 0.1) is 28.9 Å². The van der Waals surface area contributed by atoms with Gasteiger partial charge in [0.15, 0.2) is 5.17 Å². The second-order valence-corrected chi connectivity index (χ2v) is 8.28. The van der Waals surface area contributed by atoms with Gasteiger partial charge in [-0.3, -0.25) is 9.69 Å². The lowest BCUT2D eigenvalue weighted by molar-refractivity contribution is -0.125. The van der Waals surface area contributed by atoms with E-state index in [4.69, 9.17) is 16.6 Å². The quantitative estimate of drug-likeness (QED) is 0.607. The normalized spacial score (nSPS) is 18.5. The first-order valence-corrected chi connectivity index (χ1v) is 10.6. The fraction of sp³-hybridized carbons (Fsp3) is 0.136. The SMILES string of the molecule is Cc1nn(-c2ccccc2)cc1[C@H]1C=C(c2ccc(Cl)cc2)N=C2SCC(=O)N21. The number of fused-ring (bicyclic) bond motifs is 1. The van der Waals surface area contributed by atoms with Gasteiger partial charge < -0.3 is 0 Å². The van der Waals surface area contributed by atoms with Gasteiger partial charge in [-0.25, -0.2) is 9.67 Å². The molecule has 2 aromatic carbocycles. The van der Waals surface area contributed by atoms with E-state index >= 15 is 0 Å². The van der Waals surface area contributed by atoms with Gasteiger partial charge in [-0.15, -0.1) is 0 Å². The summed E-state index contributed by atoms with van der Waals surface area (Å²) >= 11 is 7.52. The molecule has 5 rings (SSSR count). The van der Waals surface area contributed by atoms with Crippen molar-refractivity contribution < 1.29 is 4.79 Å². The van der Waals surface area contributed by atoms with Crippen LogP contribution in [0.5, 0.6) is 0 Å². The van der Waals surface area contributed by atoms with Crippen molar-refractivity contribution in [1.29, 1.82) is 0 Å². The molecular formula is C22H17ClN4OS. The van der Waals surface area contributed by atoms with Crippen LogP contribution >= 0.6 is 23.4 Å². The van der Waals surface area contributed by atoms with Crippen LogP contribution < -0.4 is 0 Å². The second kappa shape index (κ2) is 7.21. The van der Waals surface area contributed by atoms with Crippen molar-refractivity contribution in [2.75, 3.05) is 5.75 Å². The van der Waals surface area contributed by atoms with E-state index in [1.807, 2.05) is 78.5 Å². The molecule has 0 bridgehead atoms. The number of aliphatic imine (C=N–C) groups is 1. The van der Waals surface area contributed by atoms with Crippen molar-refractivity contribution in [3.63, 3.8) is 0 Å². The summed E-state index contributed by atoms with van der Waals surface area (Å²) in [7, 11) is 0. The molecule has 0 radical (unpaired) electrons. The number of aromatic nitrogens is 2. The van der Waals surface area contributed by atoms with Crippen LogP contribution in [0.1, 0.15) is 22.9 Å². The largest absolute Gasteiger partial charge is 0.279 e. The van der Waals surface area contributed by atoms with E-state index in [2.05, 4.69) is 5.10 Å². The summed E-state index contributed by atoms with van der Waals surface area (Å²) < 4.78 is 1.86. The minimum Gasteiger partial charge on any atom is -0.279 e. The number of amidine groups is 1. The van der Waals surface area contributed by atoms with Gasteiger partial charge in [0.25, 0.3) is 0 Å². The molecule has 0 unspecified atom stereocenters. The number of nitrogens with zero attached hydrogens (tertiary/aromatic N) is 4. The molecular weight excluding hydrogens is 404 g/mol. The zero-order valence-electron chi connectivity index (χ0n) is 15.6. The molecule has 1 atom stereocenters. The van der Waals surface area contributed by atoms with E-state index in [1.165, 1.54) is 11.8 Å². The summed E-state index contributed by atoms with van der Waals surface area (Å²) in [5, 5.41) is 6.11. The van der Waals surface area contributed by atoms with Crippen molar-refractivity contribution in [2.45, 2.75) is 13.0 Å². The fourth-order valence-electron chi connectivity index (χ4n) is 3.58. The first-order valence-electron chi connectivity index (χ1n) is 9.23. The highest BCUT2D eigenvalue weighted by Gasteiger charge is 2.38. The number of hydrogen-bond donors (Lipinski definition) is 0. The highest BCUT2D eigenvalue weighted by Crippen LogP contribution is 2.39. The Bertz CT molecular complexity index is 1150. The number of benzene rings is 2. The van der Waals surface area contributed by atoms with Gasteiger partial charge >= 0.3 is 0 Å². The fourth-order valence-corrected chi connectivity index (χ4v) is 4.62. The summed E-state index contributed by atoms with van der Waals surface area (Å²) in [4.78, 5) is 19.1. The molecule has 0 spiro atoms. The van der Waals surface area contributed by atoms with Crippen LogP contribution in [0.3, 0.4) is 0 Å². The number of para-hydroxylation sites is 1. The van der Waals surface area contributed by atoms with E-state index in [0.717, 1.165) is 33.4 Å². The summed E-state index contributed by atoms with van der Waals surface area (Å²) in [5.41, 5.74) is 4.67. The van der Waals surface area contributed by atoms with Gasteiger partial charge in [-0.05, 0) is 37.3 Å². The van der Waals surface area contributed by atoms with E-state index in [0.29, 0.717) is 10.8 Å². The predicted octanol–water partition coefficient (Wildman–Crippen LogP) is 4.86. The highest BCUT2D eigenvalue weighted by atomic mass is 35.5. The molecule has 3 heterocycles. The molecule has 1 aromatic heterocycles. The Labute approximate surface area is 177 Å². The number of carbonyl (C=O) groups is 1. The van der Waals surface area contributed by atoms with E-state index in [1.54, 1.807) is 4.90 Å². The molecule has 1 fully saturated rings. The lowest BCUT2D eigenvalue weighted by Crippen LogP contribution is -2.35. The van der Waals surface area contributed by atoms with Crippen molar-refractivity contribution in [2.24, 2.45) is 4.99 Å². The third kappa shape index (κ3) is 3.28. The Morgan fingerprint density at radius 3 is 2.62 bits per heavy atom. The maximum Gasteiger partial charge on any atom is 0.239 e. The molecule has 0 saturated carbocycles. The van der Waals surface area contributed by atoms with Crippen LogP contribution in [0.4, 0.5) is 0 Å². The number of thioether (sulfide) groups is 1. The molecule has 0 N–H and O–H groups in total. The van der Waals surface area contributed by atoms with Crippen LogP contribution in [-0.4, -0.2) is 31.5 Å². The zero-order valence-corrected chi connectivity index (χ0v) is 17.2. The molecule has 5 nitrogen and oxygen atoms in total. The Hall–Kier alpha value is -2.83. The van der Waals surface area contributed by atoms with Gasteiger partial charge in [0, 0.05) is 22.3 Å². The molecule has 144 valence electrons. The summed E-state index contributed by atoms with van der Waals surface area (Å²) in [6, 6.07) is 17.3. The van der Waals surface area contributed by atoms with Gasteiger partial charge in [0.2, 0.25) is 5.91 Å². The van der Waals surface area contributed by atoms with Crippen molar-refractivity contribution in [3.05, 3.63) is 88.7 Å². The van der Waals surface area contributed by atoms with Gasteiger partial charge in [-0.1, -0.05) is 53.7 Å². The zero-order chi connectivity index (χ0) is 20.0. The molecule has 1 saturated heterocycles. The maximum absolute atomic E-state index is 12.6. The Morgan fingerprint density at radius 1 is 1.10 bits per heavy atom. The van der Waals surface area contributed by atoms with Crippen molar-refractivity contribution in [3.8, 4) is 5.69 Å². The number of hydrogen-bond acceptors (Lipinski definition) is 4. The van der Waals surface area contributed by atoms with Crippen LogP contribution in [-0.2, 0) is 4.79 Å². The smallest absolute Gasteiger partial charge is 0.239 e. The predicted molar refractivity (Wildman–Crippen MR) is 117 cm³/mol. The maximum atomic E-state index is 12.6. The first kappa shape index (κ1) is 18.2. The number of halogens is 1. The van der Waals surface area contributed by atoms with Crippen LogP contribution in [0.25, 0.3) is 11.4 Å². The number of carbonyl (C=O) groups excluding carboxylic acids is 1. The highest BCUT2D eigenvalue weighted by molar-refractivity contribution is 8.15. The summed E-state index contributed by atoms with van der Waals surface area (Å²) in [5.74, 6) is 0.472. The topological polar surface area (TPSA) is 50.5 Å². The van der Waals surface area contributed by atoms with Crippen LogP contribution in [0, 0.1) is 6.92 Å². The summed E-state index contributed by atoms with van der Waals surface area (Å²) in [6.45, 7) is 1.98. The van der Waals surface area contributed by atoms with Crippen LogP contribution in [0.15, 0.2) is 71.9 Å². The molecule has 0 aliphatic carbocycles. The molecule has 7 heteroatoms. The molecule has 3 aromatic rings. The standard InChI is InChI=1S/C22H17ClN4OS/c1-14-18(12-26(25-14)17-5-3-2-4-6-17)20-11-19(15-7-9-16(23)10-8-15)24-22-27(20)21(28)13-29-22/h2-12,20H,13H2,1H3/t20-/m1/s1. The van der Waals surface area contributed by atoms with E-state index < -0.39 is 0 Å². The first-order chi connectivity index (χ1) is 14.1. The van der Waals surface area contributed by atoms with Gasteiger partial charge in [0.1, 0.15) is 0 Å². The Balaban J connectivity index is 1.60. The van der Waals surface area contributed by atoms with Crippen LogP contribution in [0.2, 0.25) is 5.02 Å². The average molecular weight is 421 g/mol.